The molecule has 27 heavy (non-hydrogen) atoms. The van der Waals surface area contributed by atoms with Crippen molar-refractivity contribution in [3.63, 3.8) is 0 Å². The Morgan fingerprint density at radius 1 is 1.00 bits per heavy atom. The van der Waals surface area contributed by atoms with Gasteiger partial charge in [0.15, 0.2) is 5.96 Å². The number of hydrogen-bond donors (Lipinski definition) is 2. The summed E-state index contributed by atoms with van der Waals surface area (Å²) in [6.45, 7) is 12.4. The van der Waals surface area contributed by atoms with Crippen molar-refractivity contribution < 1.29 is 4.74 Å². The van der Waals surface area contributed by atoms with Gasteiger partial charge in [0.25, 0.3) is 0 Å². The molecule has 2 fully saturated rings. The van der Waals surface area contributed by atoms with Crippen molar-refractivity contribution in [2.24, 2.45) is 16.8 Å². The van der Waals surface area contributed by atoms with Gasteiger partial charge in [-0.15, -0.1) is 24.0 Å². The third-order valence-corrected chi connectivity index (χ3v) is 5.92. The van der Waals surface area contributed by atoms with Crippen LogP contribution in [0.2, 0.25) is 0 Å². The van der Waals surface area contributed by atoms with Crippen LogP contribution in [0.25, 0.3) is 0 Å². The molecule has 2 heterocycles. The number of halogens is 1. The van der Waals surface area contributed by atoms with Gasteiger partial charge in [0.05, 0.1) is 6.61 Å². The molecule has 0 atom stereocenters. The van der Waals surface area contributed by atoms with Gasteiger partial charge >= 0.3 is 0 Å². The summed E-state index contributed by atoms with van der Waals surface area (Å²) < 4.78 is 5.17. The molecule has 160 valence electrons. The molecular formula is C20H42IN5O. The number of hydrogen-bond acceptors (Lipinski definition) is 4. The standard InChI is InChI=1S/C20H41N5O.HI/c1-18-5-11-24(12-6-18)10-4-9-22-20(21-2)23-17-19-7-13-25(14-8-19)15-16-26-3;/h18-19H,4-17H2,1-3H3,(H2,21,22,23);1H. The van der Waals surface area contributed by atoms with E-state index in [0.717, 1.165) is 44.0 Å². The fourth-order valence-electron chi connectivity index (χ4n) is 3.89. The third kappa shape index (κ3) is 10.3. The van der Waals surface area contributed by atoms with Gasteiger partial charge in [0, 0.05) is 33.8 Å². The Morgan fingerprint density at radius 2 is 1.63 bits per heavy atom. The minimum atomic E-state index is 0. The average molecular weight is 495 g/mol. The lowest BCUT2D eigenvalue weighted by molar-refractivity contribution is 0.121. The molecule has 0 unspecified atom stereocenters. The molecule has 0 spiro atoms. The largest absolute Gasteiger partial charge is 0.383 e. The van der Waals surface area contributed by atoms with Crippen molar-refractivity contribution >= 4 is 29.9 Å². The van der Waals surface area contributed by atoms with E-state index in [-0.39, 0.29) is 24.0 Å². The van der Waals surface area contributed by atoms with Crippen LogP contribution >= 0.6 is 24.0 Å². The smallest absolute Gasteiger partial charge is 0.190 e. The highest BCUT2D eigenvalue weighted by molar-refractivity contribution is 14.0. The van der Waals surface area contributed by atoms with Crippen LogP contribution < -0.4 is 10.6 Å². The van der Waals surface area contributed by atoms with Crippen LogP contribution in [0.5, 0.6) is 0 Å². The van der Waals surface area contributed by atoms with E-state index in [0.29, 0.717) is 0 Å². The van der Waals surface area contributed by atoms with E-state index in [1.807, 2.05) is 7.05 Å². The van der Waals surface area contributed by atoms with Gasteiger partial charge in [-0.05, 0) is 76.7 Å². The van der Waals surface area contributed by atoms with Gasteiger partial charge in [-0.3, -0.25) is 4.99 Å². The Morgan fingerprint density at radius 3 is 2.26 bits per heavy atom. The van der Waals surface area contributed by atoms with Crippen molar-refractivity contribution in [3.8, 4) is 0 Å². The molecule has 0 aliphatic carbocycles. The quantitative estimate of drug-likeness (QED) is 0.223. The zero-order chi connectivity index (χ0) is 18.6. The van der Waals surface area contributed by atoms with Crippen molar-refractivity contribution in [1.29, 1.82) is 0 Å². The van der Waals surface area contributed by atoms with Crippen molar-refractivity contribution in [2.75, 3.05) is 73.1 Å². The van der Waals surface area contributed by atoms with Gasteiger partial charge in [0.2, 0.25) is 0 Å². The Balaban J connectivity index is 0.00000364. The Bertz CT molecular complexity index is 394. The third-order valence-electron chi connectivity index (χ3n) is 5.92. The van der Waals surface area contributed by atoms with Crippen molar-refractivity contribution in [3.05, 3.63) is 0 Å². The summed E-state index contributed by atoms with van der Waals surface area (Å²) in [6.07, 6.45) is 6.44. The SMILES string of the molecule is CN=C(NCCCN1CCC(C)CC1)NCC1CCN(CCOC)CC1.I. The van der Waals surface area contributed by atoms with E-state index >= 15 is 0 Å². The summed E-state index contributed by atoms with van der Waals surface area (Å²) in [7, 11) is 3.65. The molecule has 0 aromatic rings. The Hall–Kier alpha value is -0.120. The number of ether oxygens (including phenoxy) is 1. The van der Waals surface area contributed by atoms with Gasteiger partial charge in [-0.2, -0.15) is 0 Å². The topological polar surface area (TPSA) is 52.1 Å². The average Bonchev–Trinajstić information content (AvgIpc) is 2.68. The summed E-state index contributed by atoms with van der Waals surface area (Å²) in [5.41, 5.74) is 0. The van der Waals surface area contributed by atoms with E-state index in [2.05, 4.69) is 32.3 Å². The van der Waals surface area contributed by atoms with Crippen LogP contribution in [0, 0.1) is 11.8 Å². The molecule has 2 aliphatic heterocycles. The maximum absolute atomic E-state index is 5.17. The van der Waals surface area contributed by atoms with Crippen LogP contribution in [0.3, 0.4) is 0 Å². The lowest BCUT2D eigenvalue weighted by atomic mass is 9.97. The number of nitrogens with zero attached hydrogens (tertiary/aromatic N) is 3. The van der Waals surface area contributed by atoms with Crippen LogP contribution in [0.1, 0.15) is 39.0 Å². The normalized spacial score (nSPS) is 21.1. The van der Waals surface area contributed by atoms with Gasteiger partial charge < -0.3 is 25.2 Å². The second-order valence-electron chi connectivity index (χ2n) is 8.04. The Labute approximate surface area is 183 Å². The number of likely N-dealkylation sites (tertiary alicyclic amines) is 2. The zero-order valence-electron chi connectivity index (χ0n) is 17.7. The number of aliphatic imine (C=N–C) groups is 1. The summed E-state index contributed by atoms with van der Waals surface area (Å²) >= 11 is 0. The molecule has 2 rings (SSSR count). The molecular weight excluding hydrogens is 453 g/mol. The van der Waals surface area contributed by atoms with Crippen LogP contribution in [0.4, 0.5) is 0 Å². The highest BCUT2D eigenvalue weighted by atomic mass is 127. The maximum Gasteiger partial charge on any atom is 0.190 e. The molecule has 2 N–H and O–H groups in total. The summed E-state index contributed by atoms with van der Waals surface area (Å²) in [5, 5.41) is 7.00. The molecule has 0 amide bonds. The summed E-state index contributed by atoms with van der Waals surface area (Å²) in [5.74, 6) is 2.63. The van der Waals surface area contributed by atoms with Crippen molar-refractivity contribution in [1.82, 2.24) is 20.4 Å². The highest BCUT2D eigenvalue weighted by Gasteiger charge is 2.19. The first-order valence-electron chi connectivity index (χ1n) is 10.6. The first-order chi connectivity index (χ1) is 12.7. The van der Waals surface area contributed by atoms with Gasteiger partial charge in [-0.1, -0.05) is 6.92 Å². The molecule has 7 heteroatoms. The number of piperidine rings is 2. The minimum absolute atomic E-state index is 0. The molecule has 2 saturated heterocycles. The summed E-state index contributed by atoms with van der Waals surface area (Å²) in [6, 6.07) is 0. The van der Waals surface area contributed by atoms with E-state index in [1.54, 1.807) is 7.11 Å². The Kier molecular flexibility index (Phi) is 13.7. The fourth-order valence-corrected chi connectivity index (χ4v) is 3.89. The predicted octanol–water partition coefficient (Wildman–Crippen LogP) is 2.25. The van der Waals surface area contributed by atoms with E-state index in [4.69, 9.17) is 4.74 Å². The van der Waals surface area contributed by atoms with Gasteiger partial charge in [0.1, 0.15) is 0 Å². The van der Waals surface area contributed by atoms with E-state index < -0.39 is 0 Å². The van der Waals surface area contributed by atoms with E-state index in [1.165, 1.54) is 64.8 Å². The maximum atomic E-state index is 5.17. The fraction of sp³-hybridized carbons (Fsp3) is 0.950. The van der Waals surface area contributed by atoms with Crippen LogP contribution in [-0.2, 0) is 4.74 Å². The molecule has 0 bridgehead atoms. The first kappa shape index (κ1) is 24.9. The second-order valence-corrected chi connectivity index (χ2v) is 8.04. The van der Waals surface area contributed by atoms with Crippen LogP contribution in [-0.4, -0.2) is 88.9 Å². The van der Waals surface area contributed by atoms with E-state index in [9.17, 15) is 0 Å². The monoisotopic (exact) mass is 495 g/mol. The number of guanidine groups is 1. The van der Waals surface area contributed by atoms with Gasteiger partial charge in [-0.25, -0.2) is 0 Å². The molecule has 0 aromatic heterocycles. The molecule has 0 aromatic carbocycles. The molecule has 0 radical (unpaired) electrons. The van der Waals surface area contributed by atoms with Crippen molar-refractivity contribution in [2.45, 2.75) is 39.0 Å². The molecule has 2 aliphatic rings. The second kappa shape index (κ2) is 14.8. The van der Waals surface area contributed by atoms with Crippen LogP contribution in [0.15, 0.2) is 4.99 Å². The predicted molar refractivity (Wildman–Crippen MR) is 125 cm³/mol. The molecule has 0 saturated carbocycles. The number of nitrogens with one attached hydrogen (secondary N) is 2. The summed E-state index contributed by atoms with van der Waals surface area (Å²) in [4.78, 5) is 9.49. The zero-order valence-corrected chi connectivity index (χ0v) is 20.0. The lowest BCUT2D eigenvalue weighted by Gasteiger charge is -2.32. The highest BCUT2D eigenvalue weighted by Crippen LogP contribution is 2.16. The first-order valence-corrected chi connectivity index (χ1v) is 10.6. The minimum Gasteiger partial charge on any atom is -0.383 e. The number of methoxy groups -OCH3 is 1. The molecule has 6 nitrogen and oxygen atoms in total. The number of rotatable bonds is 9. The lowest BCUT2D eigenvalue weighted by Crippen LogP contribution is -2.44.